The number of carbonyl (C=O) groups excluding carboxylic acids is 1. The first-order valence-electron chi connectivity index (χ1n) is 6.26. The van der Waals surface area contributed by atoms with Crippen LogP contribution in [0.15, 0.2) is 23.4 Å². The van der Waals surface area contributed by atoms with E-state index in [9.17, 15) is 4.79 Å². The van der Waals surface area contributed by atoms with E-state index in [0.717, 1.165) is 5.56 Å². The third kappa shape index (κ3) is 4.89. The van der Waals surface area contributed by atoms with Crippen molar-refractivity contribution in [3.05, 3.63) is 29.3 Å². The molecule has 0 unspecified atom stereocenters. The van der Waals surface area contributed by atoms with Gasteiger partial charge in [-0.2, -0.15) is 0 Å². The zero-order chi connectivity index (χ0) is 15.0. The summed E-state index contributed by atoms with van der Waals surface area (Å²) in [4.78, 5) is 11.6. The van der Waals surface area contributed by atoms with Crippen LogP contribution in [0.2, 0.25) is 0 Å². The minimum atomic E-state index is -0.229. The van der Waals surface area contributed by atoms with Gasteiger partial charge in [0.15, 0.2) is 6.61 Å². The average Bonchev–Trinajstić information content (AvgIpc) is 2.44. The lowest BCUT2D eigenvalue weighted by Crippen LogP contribution is -2.31. The number of hydrogen-bond donors (Lipinski definition) is 2. The maximum atomic E-state index is 11.6. The van der Waals surface area contributed by atoms with Crippen LogP contribution in [-0.4, -0.2) is 43.7 Å². The van der Waals surface area contributed by atoms with Crippen LogP contribution < -0.4 is 10.1 Å². The Hall–Kier alpha value is -2.08. The monoisotopic (exact) mass is 280 g/mol. The number of carbonyl (C=O) groups is 1. The zero-order valence-corrected chi connectivity index (χ0v) is 12.0. The van der Waals surface area contributed by atoms with E-state index >= 15 is 0 Å². The van der Waals surface area contributed by atoms with E-state index in [0.29, 0.717) is 30.2 Å². The Bertz CT molecular complexity index is 486. The Balaban J connectivity index is 2.67. The highest BCUT2D eigenvalue weighted by Crippen LogP contribution is 2.21. The van der Waals surface area contributed by atoms with E-state index in [2.05, 4.69) is 10.5 Å². The molecule has 1 aromatic rings. The van der Waals surface area contributed by atoms with Crippen molar-refractivity contribution < 1.29 is 19.5 Å². The highest BCUT2D eigenvalue weighted by atomic mass is 16.5. The molecule has 1 rings (SSSR count). The predicted octanol–water partition coefficient (Wildman–Crippen LogP) is 1.33. The molecule has 110 valence electrons. The van der Waals surface area contributed by atoms with Gasteiger partial charge in [-0.05, 0) is 31.5 Å². The van der Waals surface area contributed by atoms with Gasteiger partial charge in [0.2, 0.25) is 0 Å². The summed E-state index contributed by atoms with van der Waals surface area (Å²) < 4.78 is 10.3. The fourth-order valence-electron chi connectivity index (χ4n) is 1.59. The number of amides is 1. The summed E-state index contributed by atoms with van der Waals surface area (Å²) in [5.74, 6) is 0.287. The molecule has 0 heterocycles. The van der Waals surface area contributed by atoms with E-state index in [4.69, 9.17) is 14.7 Å². The van der Waals surface area contributed by atoms with Crippen LogP contribution in [0.3, 0.4) is 0 Å². The van der Waals surface area contributed by atoms with Crippen molar-refractivity contribution in [3.8, 4) is 5.75 Å². The van der Waals surface area contributed by atoms with Gasteiger partial charge in [0.25, 0.3) is 5.91 Å². The molecule has 0 fully saturated rings. The Labute approximate surface area is 118 Å². The largest absolute Gasteiger partial charge is 0.483 e. The second kappa shape index (κ2) is 8.16. The van der Waals surface area contributed by atoms with Crippen molar-refractivity contribution >= 4 is 11.6 Å². The quantitative estimate of drug-likeness (QED) is 0.342. The number of ether oxygens (including phenoxy) is 2. The number of nitrogens with one attached hydrogen (secondary N) is 1. The van der Waals surface area contributed by atoms with Gasteiger partial charge in [0.1, 0.15) is 5.75 Å². The Morgan fingerprint density at radius 2 is 2.20 bits per heavy atom. The van der Waals surface area contributed by atoms with Crippen LogP contribution in [0, 0.1) is 6.92 Å². The lowest BCUT2D eigenvalue weighted by Gasteiger charge is -2.11. The van der Waals surface area contributed by atoms with Crippen LogP contribution in [-0.2, 0) is 9.53 Å². The van der Waals surface area contributed by atoms with Crippen molar-refractivity contribution in [1.82, 2.24) is 5.32 Å². The molecule has 0 aliphatic heterocycles. The highest BCUT2D eigenvalue weighted by Gasteiger charge is 2.10. The molecule has 0 bridgehead atoms. The molecule has 6 nitrogen and oxygen atoms in total. The first-order chi connectivity index (χ1) is 9.58. The topological polar surface area (TPSA) is 80.2 Å². The summed E-state index contributed by atoms with van der Waals surface area (Å²) in [7, 11) is 1.57. The molecule has 1 amide bonds. The number of oxime groups is 1. The number of hydrogen-bond acceptors (Lipinski definition) is 5. The summed E-state index contributed by atoms with van der Waals surface area (Å²) in [6, 6.07) is 5.48. The van der Waals surface area contributed by atoms with Gasteiger partial charge in [-0.3, -0.25) is 4.79 Å². The van der Waals surface area contributed by atoms with E-state index in [1.165, 1.54) is 0 Å². The van der Waals surface area contributed by atoms with Gasteiger partial charge in [-0.25, -0.2) is 0 Å². The minimum Gasteiger partial charge on any atom is -0.483 e. The molecule has 0 aliphatic rings. The summed E-state index contributed by atoms with van der Waals surface area (Å²) in [5.41, 5.74) is 2.08. The third-order valence-corrected chi connectivity index (χ3v) is 2.66. The van der Waals surface area contributed by atoms with Crippen LogP contribution in [0.5, 0.6) is 5.75 Å². The molecule has 2 N–H and O–H groups in total. The summed E-state index contributed by atoms with van der Waals surface area (Å²) >= 11 is 0. The van der Waals surface area contributed by atoms with Crippen molar-refractivity contribution in [3.63, 3.8) is 0 Å². The Morgan fingerprint density at radius 3 is 2.85 bits per heavy atom. The normalized spacial score (nSPS) is 11.2. The predicted molar refractivity (Wildman–Crippen MR) is 75.6 cm³/mol. The SMILES string of the molecule is COCCNC(=O)COc1cc(C)ccc1C(C)=NO. The number of methoxy groups -OCH3 is 1. The molecule has 0 spiro atoms. The van der Waals surface area contributed by atoms with E-state index in [-0.39, 0.29) is 12.5 Å². The first-order valence-corrected chi connectivity index (χ1v) is 6.26. The highest BCUT2D eigenvalue weighted by molar-refractivity contribution is 6.00. The van der Waals surface area contributed by atoms with Gasteiger partial charge < -0.3 is 20.0 Å². The molecule has 0 aromatic heterocycles. The lowest BCUT2D eigenvalue weighted by atomic mass is 10.1. The molecule has 0 saturated carbocycles. The number of aryl methyl sites for hydroxylation is 1. The third-order valence-electron chi connectivity index (χ3n) is 2.66. The smallest absolute Gasteiger partial charge is 0.258 e. The molecule has 0 aliphatic carbocycles. The van der Waals surface area contributed by atoms with Crippen molar-refractivity contribution in [2.24, 2.45) is 5.16 Å². The van der Waals surface area contributed by atoms with E-state index in [1.807, 2.05) is 13.0 Å². The van der Waals surface area contributed by atoms with E-state index < -0.39 is 0 Å². The van der Waals surface area contributed by atoms with Gasteiger partial charge in [0, 0.05) is 19.2 Å². The molecule has 6 heteroatoms. The van der Waals surface area contributed by atoms with Crippen molar-refractivity contribution in [2.75, 3.05) is 26.9 Å². The van der Waals surface area contributed by atoms with Gasteiger partial charge >= 0.3 is 0 Å². The van der Waals surface area contributed by atoms with Crippen LogP contribution in [0.25, 0.3) is 0 Å². The van der Waals surface area contributed by atoms with Crippen molar-refractivity contribution in [2.45, 2.75) is 13.8 Å². The molecule has 20 heavy (non-hydrogen) atoms. The maximum absolute atomic E-state index is 11.6. The average molecular weight is 280 g/mol. The summed E-state index contributed by atoms with van der Waals surface area (Å²) in [6.07, 6.45) is 0. The fourth-order valence-corrected chi connectivity index (χ4v) is 1.59. The maximum Gasteiger partial charge on any atom is 0.258 e. The number of nitrogens with zero attached hydrogens (tertiary/aromatic N) is 1. The molecule has 1 aromatic carbocycles. The second-order valence-electron chi connectivity index (χ2n) is 4.32. The van der Waals surface area contributed by atoms with Gasteiger partial charge in [0.05, 0.1) is 12.3 Å². The molecule has 0 atom stereocenters. The first kappa shape index (κ1) is 16.0. The molecule has 0 saturated heterocycles. The van der Waals surface area contributed by atoms with E-state index in [1.54, 1.807) is 26.2 Å². The number of benzene rings is 1. The Morgan fingerprint density at radius 1 is 1.45 bits per heavy atom. The fraction of sp³-hybridized carbons (Fsp3) is 0.429. The zero-order valence-electron chi connectivity index (χ0n) is 12.0. The Kier molecular flexibility index (Phi) is 6.52. The molecule has 0 radical (unpaired) electrons. The standard InChI is InChI=1S/C14H20N2O4/c1-10-4-5-12(11(2)16-18)13(8-10)20-9-14(17)15-6-7-19-3/h4-5,8,18H,6-7,9H2,1-3H3,(H,15,17). The molecular formula is C14H20N2O4. The summed E-state index contributed by atoms with van der Waals surface area (Å²) in [5, 5.41) is 14.7. The van der Waals surface area contributed by atoms with Crippen LogP contribution >= 0.6 is 0 Å². The summed E-state index contributed by atoms with van der Waals surface area (Å²) in [6.45, 7) is 4.38. The van der Waals surface area contributed by atoms with Gasteiger partial charge in [-0.1, -0.05) is 11.2 Å². The minimum absolute atomic E-state index is 0.0983. The molecular weight excluding hydrogens is 260 g/mol. The van der Waals surface area contributed by atoms with Crippen molar-refractivity contribution in [1.29, 1.82) is 0 Å². The lowest BCUT2D eigenvalue weighted by molar-refractivity contribution is -0.123. The van der Waals surface area contributed by atoms with Crippen LogP contribution in [0.1, 0.15) is 18.1 Å². The van der Waals surface area contributed by atoms with Crippen LogP contribution in [0.4, 0.5) is 0 Å². The second-order valence-corrected chi connectivity index (χ2v) is 4.32. The number of rotatable bonds is 7. The van der Waals surface area contributed by atoms with Gasteiger partial charge in [-0.15, -0.1) is 0 Å².